The molecule has 0 spiro atoms. The molecule has 8 heteroatoms. The average molecular weight is 483 g/mol. The Labute approximate surface area is 186 Å². The number of hydrogen-bond acceptors (Lipinski definition) is 3. The van der Waals surface area contributed by atoms with Crippen molar-refractivity contribution < 1.29 is 9.18 Å². The molecule has 0 aliphatic carbocycles. The molecule has 2 aromatic carbocycles. The van der Waals surface area contributed by atoms with Crippen LogP contribution in [0.15, 0.2) is 64.0 Å². The van der Waals surface area contributed by atoms with Gasteiger partial charge in [0.25, 0.3) is 5.56 Å². The van der Waals surface area contributed by atoms with Crippen LogP contribution in [0.4, 0.5) is 10.1 Å². The number of carbonyl (C=O) groups is 1. The molecule has 1 N–H and O–H groups in total. The lowest BCUT2D eigenvalue weighted by atomic mass is 10.0. The molecule has 1 amide bonds. The van der Waals surface area contributed by atoms with Crippen molar-refractivity contribution in [1.29, 1.82) is 0 Å². The Morgan fingerprint density at radius 1 is 1.13 bits per heavy atom. The summed E-state index contributed by atoms with van der Waals surface area (Å²) in [4.78, 5) is 30.8. The maximum atomic E-state index is 13.4. The number of anilines is 1. The zero-order valence-electron chi connectivity index (χ0n) is 17.0. The first-order valence-corrected chi connectivity index (χ1v) is 10.6. The van der Waals surface area contributed by atoms with Gasteiger partial charge in [-0.15, -0.1) is 0 Å². The second-order valence-corrected chi connectivity index (χ2v) is 7.86. The summed E-state index contributed by atoms with van der Waals surface area (Å²) in [6, 6.07) is 15.0. The van der Waals surface area contributed by atoms with Crippen LogP contribution in [0.2, 0.25) is 0 Å². The van der Waals surface area contributed by atoms with Gasteiger partial charge in [-0.25, -0.2) is 13.8 Å². The van der Waals surface area contributed by atoms with Gasteiger partial charge in [0.1, 0.15) is 17.0 Å². The minimum atomic E-state index is -0.376. The number of benzene rings is 2. The molecule has 0 fully saturated rings. The van der Waals surface area contributed by atoms with Crippen molar-refractivity contribution in [3.8, 4) is 11.1 Å². The van der Waals surface area contributed by atoms with Gasteiger partial charge in [0.05, 0.1) is 11.3 Å². The van der Waals surface area contributed by atoms with Crippen molar-refractivity contribution in [2.45, 2.75) is 26.8 Å². The van der Waals surface area contributed by atoms with Crippen LogP contribution in [0, 0.1) is 12.7 Å². The van der Waals surface area contributed by atoms with E-state index in [1.807, 2.05) is 44.2 Å². The van der Waals surface area contributed by atoms with Crippen molar-refractivity contribution in [3.63, 3.8) is 0 Å². The number of amides is 1. The predicted octanol–water partition coefficient (Wildman–Crippen LogP) is 4.57. The first kappa shape index (κ1) is 21.0. The quantitative estimate of drug-likeness (QED) is 0.452. The minimum absolute atomic E-state index is 0.0431. The summed E-state index contributed by atoms with van der Waals surface area (Å²) < 4.78 is 16.8. The van der Waals surface area contributed by atoms with Crippen molar-refractivity contribution in [2.75, 3.05) is 5.32 Å². The maximum absolute atomic E-state index is 13.4. The van der Waals surface area contributed by atoms with E-state index in [4.69, 9.17) is 4.98 Å². The molecule has 0 aliphatic rings. The van der Waals surface area contributed by atoms with Crippen LogP contribution in [0.1, 0.15) is 18.3 Å². The van der Waals surface area contributed by atoms with E-state index < -0.39 is 0 Å². The lowest BCUT2D eigenvalue weighted by molar-refractivity contribution is -0.116. The van der Waals surface area contributed by atoms with Crippen LogP contribution < -0.4 is 10.9 Å². The first-order valence-electron chi connectivity index (χ1n) is 9.81. The third-order valence-corrected chi connectivity index (χ3v) is 6.04. The molecule has 0 unspecified atom stereocenters. The number of rotatable bonds is 5. The van der Waals surface area contributed by atoms with E-state index in [1.165, 1.54) is 28.7 Å². The lowest BCUT2D eigenvalue weighted by Crippen LogP contribution is -2.23. The Bertz CT molecular complexity index is 1330. The highest BCUT2D eigenvalue weighted by Crippen LogP contribution is 2.25. The fraction of sp³-hybridized carbons (Fsp3) is 0.174. The zero-order chi connectivity index (χ0) is 22.1. The number of halogens is 2. The van der Waals surface area contributed by atoms with Crippen molar-refractivity contribution in [1.82, 2.24) is 14.0 Å². The summed E-state index contributed by atoms with van der Waals surface area (Å²) in [5.41, 5.74) is 3.02. The van der Waals surface area contributed by atoms with E-state index in [1.54, 1.807) is 4.57 Å². The van der Waals surface area contributed by atoms with E-state index >= 15 is 0 Å². The number of aryl methyl sites for hydroxylation is 1. The van der Waals surface area contributed by atoms with E-state index in [9.17, 15) is 14.0 Å². The molecular weight excluding hydrogens is 463 g/mol. The number of carbonyl (C=O) groups excluding carboxylic acids is 1. The second-order valence-electron chi connectivity index (χ2n) is 7.11. The molecule has 158 valence electrons. The van der Waals surface area contributed by atoms with Gasteiger partial charge < -0.3 is 9.88 Å². The molecular formula is C23H20BrFN4O2. The molecule has 0 saturated heterocycles. The third-order valence-electron chi connectivity index (χ3n) is 5.11. The highest BCUT2D eigenvalue weighted by molar-refractivity contribution is 9.10. The molecule has 31 heavy (non-hydrogen) atoms. The zero-order valence-corrected chi connectivity index (χ0v) is 18.6. The Morgan fingerprint density at radius 2 is 1.81 bits per heavy atom. The van der Waals surface area contributed by atoms with Crippen LogP contribution in [0.5, 0.6) is 0 Å². The van der Waals surface area contributed by atoms with Gasteiger partial charge in [-0.3, -0.25) is 9.59 Å². The fourth-order valence-electron chi connectivity index (χ4n) is 3.55. The van der Waals surface area contributed by atoms with Gasteiger partial charge in [0, 0.05) is 11.4 Å². The summed E-state index contributed by atoms with van der Waals surface area (Å²) in [5, 5.41) is 2.74. The van der Waals surface area contributed by atoms with E-state index in [0.717, 1.165) is 5.56 Å². The van der Waals surface area contributed by atoms with Crippen LogP contribution in [-0.2, 0) is 17.8 Å². The predicted molar refractivity (Wildman–Crippen MR) is 122 cm³/mol. The average Bonchev–Trinajstić information content (AvgIpc) is 3.00. The molecule has 6 nitrogen and oxygen atoms in total. The molecule has 2 aromatic heterocycles. The fourth-order valence-corrected chi connectivity index (χ4v) is 4.08. The Morgan fingerprint density at radius 3 is 2.45 bits per heavy atom. The Hall–Kier alpha value is -3.26. The van der Waals surface area contributed by atoms with Gasteiger partial charge in [-0.2, -0.15) is 0 Å². The van der Waals surface area contributed by atoms with Gasteiger partial charge in [0.15, 0.2) is 0 Å². The van der Waals surface area contributed by atoms with Gasteiger partial charge in [0.2, 0.25) is 11.7 Å². The van der Waals surface area contributed by atoms with Gasteiger partial charge in [-0.1, -0.05) is 37.3 Å². The van der Waals surface area contributed by atoms with Crippen LogP contribution in [0.3, 0.4) is 0 Å². The number of nitrogens with one attached hydrogen (secondary N) is 1. The number of imidazole rings is 1. The van der Waals surface area contributed by atoms with E-state index in [2.05, 4.69) is 21.2 Å². The highest BCUT2D eigenvalue weighted by Gasteiger charge is 2.22. The van der Waals surface area contributed by atoms with Crippen LogP contribution >= 0.6 is 15.9 Å². The Balaban J connectivity index is 1.79. The number of hydrogen-bond donors (Lipinski definition) is 1. The lowest BCUT2D eigenvalue weighted by Gasteiger charge is -2.11. The molecule has 4 aromatic rings. The smallest absolute Gasteiger partial charge is 0.268 e. The molecule has 4 rings (SSSR count). The van der Waals surface area contributed by atoms with Crippen LogP contribution in [-0.4, -0.2) is 19.9 Å². The van der Waals surface area contributed by atoms with Gasteiger partial charge in [-0.05, 0) is 59.1 Å². The number of aromatic nitrogens is 3. The topological polar surface area (TPSA) is 68.4 Å². The molecule has 2 heterocycles. The van der Waals surface area contributed by atoms with Crippen molar-refractivity contribution >= 4 is 33.3 Å². The monoisotopic (exact) mass is 482 g/mol. The first-order chi connectivity index (χ1) is 14.9. The van der Waals surface area contributed by atoms with Crippen LogP contribution in [0.25, 0.3) is 16.9 Å². The highest BCUT2D eigenvalue weighted by atomic mass is 79.9. The summed E-state index contributed by atoms with van der Waals surface area (Å²) in [6.45, 7) is 3.72. The molecule has 0 atom stereocenters. The SMILES string of the molecule is CCc1nc2n(CC(=O)Nc3ccc(F)cc3)c(C)c(Br)n2c(=O)c1-c1ccccc1. The van der Waals surface area contributed by atoms with Crippen molar-refractivity contribution in [2.24, 2.45) is 0 Å². The second kappa shape index (κ2) is 8.47. The standard InChI is InChI=1S/C23H20BrFN4O2/c1-3-18-20(15-7-5-4-6-8-15)22(31)29-21(24)14(2)28(23(29)27-18)13-19(30)26-17-11-9-16(25)10-12-17/h4-12H,3,13H2,1-2H3,(H,26,30). The summed E-state index contributed by atoms with van der Waals surface area (Å²) in [5.74, 6) is -0.293. The van der Waals surface area contributed by atoms with Crippen molar-refractivity contribution in [3.05, 3.63) is 86.8 Å². The largest absolute Gasteiger partial charge is 0.325 e. The molecule has 0 aliphatic heterocycles. The maximum Gasteiger partial charge on any atom is 0.268 e. The third kappa shape index (κ3) is 3.90. The van der Waals surface area contributed by atoms with E-state index in [-0.39, 0.29) is 23.8 Å². The number of nitrogens with zero attached hydrogens (tertiary/aromatic N) is 3. The molecule has 0 bridgehead atoms. The summed E-state index contributed by atoms with van der Waals surface area (Å²) in [6.07, 6.45) is 0.569. The minimum Gasteiger partial charge on any atom is -0.325 e. The summed E-state index contributed by atoms with van der Waals surface area (Å²) >= 11 is 3.50. The number of fused-ring (bicyclic) bond motifs is 1. The van der Waals surface area contributed by atoms with Gasteiger partial charge >= 0.3 is 0 Å². The summed E-state index contributed by atoms with van der Waals surface area (Å²) in [7, 11) is 0. The molecule has 0 saturated carbocycles. The Kier molecular flexibility index (Phi) is 5.73. The molecule has 0 radical (unpaired) electrons. The van der Waals surface area contributed by atoms with E-state index in [0.29, 0.717) is 39.4 Å². The normalized spacial score (nSPS) is 11.1.